The number of aliphatic hydroxyl groups is 1. The molecule has 0 aromatic heterocycles. The molecule has 0 spiro atoms. The van der Waals surface area contributed by atoms with Crippen molar-refractivity contribution in [3.63, 3.8) is 0 Å². The maximum Gasteiger partial charge on any atom is 0.471 e. The summed E-state index contributed by atoms with van der Waals surface area (Å²) in [5.74, 6) is 3.34. The van der Waals surface area contributed by atoms with E-state index in [9.17, 15) is 18.0 Å². The van der Waals surface area contributed by atoms with Crippen molar-refractivity contribution in [1.82, 2.24) is 5.32 Å². The smallest absolute Gasteiger partial charge is 0.471 e. The number of nitrogens with one attached hydrogen (secondary N) is 1. The van der Waals surface area contributed by atoms with Gasteiger partial charge >= 0.3 is 12.1 Å². The van der Waals surface area contributed by atoms with Crippen molar-refractivity contribution in [2.45, 2.75) is 12.8 Å². The van der Waals surface area contributed by atoms with Gasteiger partial charge in [0.25, 0.3) is 0 Å². The molecule has 0 atom stereocenters. The van der Waals surface area contributed by atoms with Gasteiger partial charge in [0.05, 0.1) is 25.8 Å². The molecule has 7 heteroatoms. The van der Waals surface area contributed by atoms with Crippen molar-refractivity contribution in [3.05, 3.63) is 29.3 Å². The zero-order valence-corrected chi connectivity index (χ0v) is 10.5. The first-order valence-corrected chi connectivity index (χ1v) is 5.50. The number of alkyl halides is 3. The van der Waals surface area contributed by atoms with Crippen LogP contribution in [0.3, 0.4) is 0 Å². The quantitative estimate of drug-likeness (QED) is 0.822. The largest absolute Gasteiger partial charge is 0.495 e. The number of hydrogen-bond acceptors (Lipinski definition) is 3. The Kier molecular flexibility index (Phi) is 5.41. The van der Waals surface area contributed by atoms with Gasteiger partial charge in [-0.2, -0.15) is 13.2 Å². The van der Waals surface area contributed by atoms with E-state index in [1.807, 2.05) is 0 Å². The van der Waals surface area contributed by atoms with Gasteiger partial charge in [-0.05, 0) is 17.7 Å². The van der Waals surface area contributed by atoms with E-state index in [1.165, 1.54) is 7.11 Å². The lowest BCUT2D eigenvalue weighted by Crippen LogP contribution is -2.36. The molecule has 108 valence electrons. The lowest BCUT2D eigenvalue weighted by atomic mass is 10.1. The van der Waals surface area contributed by atoms with Crippen LogP contribution in [0.1, 0.15) is 11.1 Å². The summed E-state index contributed by atoms with van der Waals surface area (Å²) in [6.07, 6.45) is -4.91. The van der Waals surface area contributed by atoms with E-state index in [4.69, 9.17) is 9.84 Å². The number of carbonyl (C=O) groups excluding carboxylic acids is 1. The molecule has 0 saturated heterocycles. The number of rotatable bonds is 3. The van der Waals surface area contributed by atoms with Crippen LogP contribution < -0.4 is 10.1 Å². The molecule has 0 aliphatic heterocycles. The Morgan fingerprint density at radius 2 is 2.15 bits per heavy atom. The van der Waals surface area contributed by atoms with Crippen LogP contribution in [0, 0.1) is 11.8 Å². The van der Waals surface area contributed by atoms with Gasteiger partial charge in [-0.1, -0.05) is 17.9 Å². The molecule has 0 aliphatic carbocycles. The van der Waals surface area contributed by atoms with Crippen LogP contribution in [0.2, 0.25) is 0 Å². The summed E-state index contributed by atoms with van der Waals surface area (Å²) in [6, 6.07) is 4.75. The Morgan fingerprint density at radius 3 is 2.70 bits per heavy atom. The van der Waals surface area contributed by atoms with Gasteiger partial charge in [0.15, 0.2) is 0 Å². The third kappa shape index (κ3) is 4.48. The molecular formula is C13H12F3NO3. The summed E-state index contributed by atoms with van der Waals surface area (Å²) in [6.45, 7) is -0.588. The first kappa shape index (κ1) is 15.9. The molecule has 0 aliphatic rings. The molecule has 2 N–H and O–H groups in total. The highest BCUT2D eigenvalue weighted by Gasteiger charge is 2.38. The Bertz CT molecular complexity index is 544. The van der Waals surface area contributed by atoms with Gasteiger partial charge in [0, 0.05) is 0 Å². The van der Waals surface area contributed by atoms with Crippen molar-refractivity contribution in [2.75, 3.05) is 13.7 Å². The molecule has 1 aromatic rings. The molecule has 1 rings (SSSR count). The molecule has 4 nitrogen and oxygen atoms in total. The molecule has 0 unspecified atom stereocenters. The Hall–Kier alpha value is -2.20. The van der Waals surface area contributed by atoms with Crippen LogP contribution in [-0.2, 0) is 11.4 Å². The first-order chi connectivity index (χ1) is 9.38. The van der Waals surface area contributed by atoms with Crippen molar-refractivity contribution in [3.8, 4) is 17.6 Å². The standard InChI is InChI=1S/C13H12F3NO3/c1-20-11-7-9(8-18)4-5-10(11)3-2-6-17-12(19)13(14,15)16/h4-5,7,18H,6,8H2,1H3,(H,17,19). The van der Waals surface area contributed by atoms with Crippen LogP contribution in [0.5, 0.6) is 5.75 Å². The zero-order valence-electron chi connectivity index (χ0n) is 10.5. The van der Waals surface area contributed by atoms with Gasteiger partial charge in [-0.3, -0.25) is 4.79 Å². The minimum absolute atomic E-state index is 0.161. The molecular weight excluding hydrogens is 275 g/mol. The average Bonchev–Trinajstić information content (AvgIpc) is 2.42. The van der Waals surface area contributed by atoms with Gasteiger partial charge in [0.2, 0.25) is 0 Å². The topological polar surface area (TPSA) is 58.6 Å². The monoisotopic (exact) mass is 287 g/mol. The summed E-state index contributed by atoms with van der Waals surface area (Å²) in [7, 11) is 1.41. The second-order valence-electron chi connectivity index (χ2n) is 3.67. The zero-order chi connectivity index (χ0) is 15.2. The molecule has 0 heterocycles. The van der Waals surface area contributed by atoms with Gasteiger partial charge in [-0.25, -0.2) is 0 Å². The average molecular weight is 287 g/mol. The molecule has 0 saturated carbocycles. The fourth-order valence-electron chi connectivity index (χ4n) is 1.30. The maximum atomic E-state index is 11.9. The van der Waals surface area contributed by atoms with E-state index in [0.717, 1.165) is 0 Å². The SMILES string of the molecule is COc1cc(CO)ccc1C#CCNC(=O)C(F)(F)F. The van der Waals surface area contributed by atoms with Crippen LogP contribution in [0.25, 0.3) is 0 Å². The minimum atomic E-state index is -4.91. The third-order valence-electron chi connectivity index (χ3n) is 2.27. The summed E-state index contributed by atoms with van der Waals surface area (Å²) in [5, 5.41) is 10.6. The van der Waals surface area contributed by atoms with Crippen LogP contribution in [0.15, 0.2) is 18.2 Å². The number of halogens is 3. The predicted molar refractivity (Wildman–Crippen MR) is 64.9 cm³/mol. The lowest BCUT2D eigenvalue weighted by Gasteiger charge is -2.05. The minimum Gasteiger partial charge on any atom is -0.495 e. The fraction of sp³-hybridized carbons (Fsp3) is 0.308. The highest BCUT2D eigenvalue weighted by atomic mass is 19.4. The number of aliphatic hydroxyl groups excluding tert-OH is 1. The number of carbonyl (C=O) groups is 1. The third-order valence-corrected chi connectivity index (χ3v) is 2.27. The van der Waals surface area contributed by atoms with Crippen LogP contribution in [0.4, 0.5) is 13.2 Å². The first-order valence-electron chi connectivity index (χ1n) is 5.50. The lowest BCUT2D eigenvalue weighted by molar-refractivity contribution is -0.173. The highest BCUT2D eigenvalue weighted by molar-refractivity contribution is 5.81. The van der Waals surface area contributed by atoms with E-state index in [-0.39, 0.29) is 6.61 Å². The summed E-state index contributed by atoms with van der Waals surface area (Å²) >= 11 is 0. The van der Waals surface area contributed by atoms with Gasteiger partial charge in [0.1, 0.15) is 5.75 Å². The van der Waals surface area contributed by atoms with E-state index in [0.29, 0.717) is 16.9 Å². The number of amides is 1. The number of benzene rings is 1. The second kappa shape index (κ2) is 6.82. The number of methoxy groups -OCH3 is 1. The highest BCUT2D eigenvalue weighted by Crippen LogP contribution is 2.19. The van der Waals surface area contributed by atoms with E-state index < -0.39 is 18.6 Å². The molecule has 0 radical (unpaired) electrons. The normalized spacial score (nSPS) is 10.4. The second-order valence-corrected chi connectivity index (χ2v) is 3.67. The van der Waals surface area contributed by atoms with Crippen LogP contribution >= 0.6 is 0 Å². The van der Waals surface area contributed by atoms with Gasteiger partial charge in [-0.15, -0.1) is 0 Å². The molecule has 0 bridgehead atoms. The summed E-state index contributed by atoms with van der Waals surface area (Å²) < 4.78 is 40.7. The predicted octanol–water partition coefficient (Wildman–Crippen LogP) is 1.22. The number of hydrogen-bond donors (Lipinski definition) is 2. The van der Waals surface area contributed by atoms with Crippen molar-refractivity contribution < 1.29 is 27.8 Å². The van der Waals surface area contributed by atoms with E-state index >= 15 is 0 Å². The van der Waals surface area contributed by atoms with Crippen LogP contribution in [-0.4, -0.2) is 30.8 Å². The number of ether oxygens (including phenoxy) is 1. The Balaban J connectivity index is 2.71. The Morgan fingerprint density at radius 1 is 1.45 bits per heavy atom. The molecule has 1 aromatic carbocycles. The summed E-state index contributed by atoms with van der Waals surface area (Å²) in [4.78, 5) is 10.5. The molecule has 20 heavy (non-hydrogen) atoms. The maximum absolute atomic E-state index is 11.9. The van der Waals surface area contributed by atoms with E-state index in [2.05, 4.69) is 11.8 Å². The van der Waals surface area contributed by atoms with Crippen molar-refractivity contribution in [1.29, 1.82) is 0 Å². The Labute approximate surface area is 113 Å². The fourth-order valence-corrected chi connectivity index (χ4v) is 1.30. The van der Waals surface area contributed by atoms with Gasteiger partial charge < -0.3 is 15.2 Å². The van der Waals surface area contributed by atoms with Crippen molar-refractivity contribution in [2.24, 2.45) is 0 Å². The molecule has 1 amide bonds. The summed E-state index contributed by atoms with van der Waals surface area (Å²) in [5.41, 5.74) is 1.07. The van der Waals surface area contributed by atoms with Crippen molar-refractivity contribution >= 4 is 5.91 Å². The molecule has 0 fully saturated rings. The van der Waals surface area contributed by atoms with E-state index in [1.54, 1.807) is 23.5 Å².